The number of fused-ring (bicyclic) bond motifs is 8. The molecule has 3 aromatic rings. The van der Waals surface area contributed by atoms with Crippen molar-refractivity contribution in [1.82, 2.24) is 15.2 Å². The van der Waals surface area contributed by atoms with Crippen molar-refractivity contribution in [3.05, 3.63) is 63.3 Å². The molecule has 4 nitrogen and oxygen atoms in total. The fourth-order valence-corrected chi connectivity index (χ4v) is 7.41. The van der Waals surface area contributed by atoms with Gasteiger partial charge in [0.2, 0.25) is 0 Å². The molecular weight excluding hydrogens is 403 g/mol. The molecule has 4 atom stereocenters. The van der Waals surface area contributed by atoms with E-state index in [9.17, 15) is 0 Å². The molecule has 29 heavy (non-hydrogen) atoms. The smallest absolute Gasteiger partial charge is 0.0917 e. The normalized spacial score (nSPS) is 34.4. The SMILES string of the molecule is CC12c3[nH]c4ccc(Cl)cc4c3CCN1C1Nc3ccc(Cl)cc3C13CCNC32. The average Bonchev–Trinajstić information content (AvgIpc) is 3.41. The van der Waals surface area contributed by atoms with Gasteiger partial charge in [0.25, 0.3) is 0 Å². The summed E-state index contributed by atoms with van der Waals surface area (Å²) in [5, 5.41) is 10.7. The van der Waals surface area contributed by atoms with E-state index in [-0.39, 0.29) is 17.1 Å². The van der Waals surface area contributed by atoms with Crippen molar-refractivity contribution in [2.75, 3.05) is 18.4 Å². The summed E-state index contributed by atoms with van der Waals surface area (Å²) in [6.45, 7) is 4.47. The van der Waals surface area contributed by atoms with Crippen LogP contribution in [0.2, 0.25) is 10.0 Å². The zero-order valence-electron chi connectivity index (χ0n) is 16.2. The molecule has 4 aliphatic heterocycles. The van der Waals surface area contributed by atoms with E-state index in [1.807, 2.05) is 12.1 Å². The summed E-state index contributed by atoms with van der Waals surface area (Å²) in [7, 11) is 0. The highest BCUT2D eigenvalue weighted by Gasteiger charge is 2.71. The maximum absolute atomic E-state index is 6.46. The summed E-state index contributed by atoms with van der Waals surface area (Å²) >= 11 is 12.8. The predicted molar refractivity (Wildman–Crippen MR) is 118 cm³/mol. The number of hydrogen-bond acceptors (Lipinski definition) is 3. The topological polar surface area (TPSA) is 43.1 Å². The number of hydrogen-bond donors (Lipinski definition) is 3. The van der Waals surface area contributed by atoms with E-state index in [1.165, 1.54) is 33.4 Å². The highest BCUT2D eigenvalue weighted by molar-refractivity contribution is 6.31. The van der Waals surface area contributed by atoms with E-state index in [0.29, 0.717) is 6.04 Å². The molecule has 0 aliphatic carbocycles. The van der Waals surface area contributed by atoms with Gasteiger partial charge in [-0.25, -0.2) is 0 Å². The molecule has 148 valence electrons. The Labute approximate surface area is 179 Å². The fourth-order valence-electron chi connectivity index (χ4n) is 7.07. The van der Waals surface area contributed by atoms with Gasteiger partial charge >= 0.3 is 0 Å². The molecule has 1 aromatic heterocycles. The van der Waals surface area contributed by atoms with Crippen LogP contribution in [0.4, 0.5) is 5.69 Å². The largest absolute Gasteiger partial charge is 0.368 e. The van der Waals surface area contributed by atoms with E-state index in [0.717, 1.165) is 36.0 Å². The molecule has 4 aliphatic rings. The van der Waals surface area contributed by atoms with E-state index >= 15 is 0 Å². The van der Waals surface area contributed by atoms with E-state index in [2.05, 4.69) is 51.7 Å². The number of halogens is 2. The van der Waals surface area contributed by atoms with Gasteiger partial charge in [-0.3, -0.25) is 4.90 Å². The Morgan fingerprint density at radius 2 is 1.93 bits per heavy atom. The van der Waals surface area contributed by atoms with Crippen molar-refractivity contribution in [3.63, 3.8) is 0 Å². The molecule has 0 saturated carbocycles. The Kier molecular flexibility index (Phi) is 3.11. The first-order chi connectivity index (χ1) is 14.0. The zero-order valence-corrected chi connectivity index (χ0v) is 17.7. The second kappa shape index (κ2) is 5.30. The Bertz CT molecular complexity index is 1200. The molecule has 6 heteroatoms. The lowest BCUT2D eigenvalue weighted by Gasteiger charge is -2.44. The Hall–Kier alpha value is -1.72. The fraction of sp³-hybridized carbons (Fsp3) is 0.391. The van der Waals surface area contributed by atoms with Crippen LogP contribution in [0, 0.1) is 0 Å². The standard InChI is InChI=1S/C23H22Cl2N4/c1-22-19-14(15-10-12(24)2-4-17(15)27-19)6-9-29(22)21-23(7-8-26-20(22)23)16-11-13(25)3-5-18(16)28-21/h2-5,10-11,20-21,26-28H,6-9H2,1H3. The molecule has 3 N–H and O–H groups in total. The van der Waals surface area contributed by atoms with E-state index < -0.39 is 0 Å². The quantitative estimate of drug-likeness (QED) is 0.493. The van der Waals surface area contributed by atoms with Crippen LogP contribution in [-0.2, 0) is 17.4 Å². The minimum atomic E-state index is -0.118. The van der Waals surface area contributed by atoms with Crippen molar-refractivity contribution < 1.29 is 0 Å². The van der Waals surface area contributed by atoms with Gasteiger partial charge in [0.15, 0.2) is 0 Å². The van der Waals surface area contributed by atoms with Crippen LogP contribution < -0.4 is 10.6 Å². The minimum absolute atomic E-state index is 0.0333. The van der Waals surface area contributed by atoms with Gasteiger partial charge in [0.05, 0.1) is 11.7 Å². The van der Waals surface area contributed by atoms with Gasteiger partial charge in [0, 0.05) is 50.3 Å². The van der Waals surface area contributed by atoms with Gasteiger partial charge in [0.1, 0.15) is 0 Å². The second-order valence-corrected chi connectivity index (χ2v) is 10.0. The van der Waals surface area contributed by atoms with Gasteiger partial charge in [-0.2, -0.15) is 0 Å². The van der Waals surface area contributed by atoms with E-state index in [4.69, 9.17) is 23.2 Å². The number of rotatable bonds is 0. The van der Waals surface area contributed by atoms with Crippen molar-refractivity contribution in [2.45, 2.75) is 42.9 Å². The number of anilines is 1. The van der Waals surface area contributed by atoms with Crippen molar-refractivity contribution >= 4 is 39.8 Å². The highest BCUT2D eigenvalue weighted by atomic mass is 35.5. The van der Waals surface area contributed by atoms with Crippen molar-refractivity contribution in [3.8, 4) is 0 Å². The van der Waals surface area contributed by atoms with Crippen LogP contribution in [0.5, 0.6) is 0 Å². The van der Waals surface area contributed by atoms with Crippen molar-refractivity contribution in [1.29, 1.82) is 0 Å². The maximum atomic E-state index is 6.46. The molecule has 2 fully saturated rings. The molecular formula is C23H22Cl2N4. The van der Waals surface area contributed by atoms with Crippen LogP contribution in [-0.4, -0.2) is 35.2 Å². The number of aromatic nitrogens is 1. The molecule has 5 heterocycles. The van der Waals surface area contributed by atoms with Gasteiger partial charge in [-0.15, -0.1) is 0 Å². The lowest BCUT2D eigenvalue weighted by Crippen LogP contribution is -2.55. The summed E-state index contributed by atoms with van der Waals surface area (Å²) in [4.78, 5) is 6.49. The lowest BCUT2D eigenvalue weighted by molar-refractivity contribution is 0.0894. The Balaban J connectivity index is 1.49. The number of benzene rings is 2. The third-order valence-corrected chi connectivity index (χ3v) is 8.58. The summed E-state index contributed by atoms with van der Waals surface area (Å²) in [5.41, 5.74) is 6.49. The molecule has 2 aromatic carbocycles. The third kappa shape index (κ3) is 1.82. The average molecular weight is 425 g/mol. The highest BCUT2D eigenvalue weighted by Crippen LogP contribution is 2.62. The van der Waals surface area contributed by atoms with Crippen molar-refractivity contribution in [2.24, 2.45) is 0 Å². The number of nitrogens with zero attached hydrogens (tertiary/aromatic N) is 1. The monoisotopic (exact) mass is 424 g/mol. The van der Waals surface area contributed by atoms with E-state index in [1.54, 1.807) is 0 Å². The van der Waals surface area contributed by atoms with Crippen LogP contribution in [0.3, 0.4) is 0 Å². The first-order valence-corrected chi connectivity index (χ1v) is 11.2. The summed E-state index contributed by atoms with van der Waals surface area (Å²) < 4.78 is 0. The van der Waals surface area contributed by atoms with Crippen LogP contribution in [0.25, 0.3) is 10.9 Å². The predicted octanol–water partition coefficient (Wildman–Crippen LogP) is 4.61. The first kappa shape index (κ1) is 17.0. The Morgan fingerprint density at radius 1 is 1.10 bits per heavy atom. The van der Waals surface area contributed by atoms with Gasteiger partial charge in [-0.1, -0.05) is 23.2 Å². The maximum Gasteiger partial charge on any atom is 0.0917 e. The number of aromatic amines is 1. The van der Waals surface area contributed by atoms with Crippen LogP contribution >= 0.6 is 23.2 Å². The summed E-state index contributed by atoms with van der Waals surface area (Å²) in [6, 6.07) is 12.9. The Morgan fingerprint density at radius 3 is 2.83 bits per heavy atom. The third-order valence-electron chi connectivity index (χ3n) is 8.11. The first-order valence-electron chi connectivity index (χ1n) is 10.4. The summed E-state index contributed by atoms with van der Waals surface area (Å²) in [5.74, 6) is 0. The lowest BCUT2D eigenvalue weighted by atomic mass is 9.70. The molecule has 0 bridgehead atoms. The zero-order chi connectivity index (χ0) is 19.5. The van der Waals surface area contributed by atoms with Gasteiger partial charge in [-0.05, 0) is 73.8 Å². The molecule has 0 radical (unpaired) electrons. The summed E-state index contributed by atoms with van der Waals surface area (Å²) in [6.07, 6.45) is 2.43. The second-order valence-electron chi connectivity index (χ2n) is 9.17. The number of nitrogens with one attached hydrogen (secondary N) is 3. The van der Waals surface area contributed by atoms with Crippen LogP contribution in [0.1, 0.15) is 30.2 Å². The van der Waals surface area contributed by atoms with Crippen LogP contribution in [0.15, 0.2) is 36.4 Å². The molecule has 7 rings (SSSR count). The number of H-pyrrole nitrogens is 1. The molecule has 1 spiro atoms. The minimum Gasteiger partial charge on any atom is -0.368 e. The molecule has 2 saturated heterocycles. The molecule has 4 unspecified atom stereocenters. The molecule has 0 amide bonds. The van der Waals surface area contributed by atoms with Gasteiger partial charge < -0.3 is 15.6 Å².